The summed E-state index contributed by atoms with van der Waals surface area (Å²) in [4.78, 5) is 12.6. The Bertz CT molecular complexity index is 948. The van der Waals surface area contributed by atoms with Gasteiger partial charge in [0, 0.05) is 22.6 Å². The van der Waals surface area contributed by atoms with E-state index in [0.717, 1.165) is 23.7 Å². The van der Waals surface area contributed by atoms with Crippen molar-refractivity contribution in [2.45, 2.75) is 37.1 Å². The summed E-state index contributed by atoms with van der Waals surface area (Å²) in [5.41, 5.74) is 0.850. The van der Waals surface area contributed by atoms with Crippen molar-refractivity contribution in [3.8, 4) is 0 Å². The minimum atomic E-state index is -3.55. The molecule has 1 aliphatic heterocycles. The van der Waals surface area contributed by atoms with Crippen LogP contribution >= 0.6 is 27.5 Å². The number of anilines is 1. The number of benzene rings is 2. The summed E-state index contributed by atoms with van der Waals surface area (Å²) in [6, 6.07) is 11.1. The van der Waals surface area contributed by atoms with Gasteiger partial charge in [0.05, 0.1) is 15.6 Å². The van der Waals surface area contributed by atoms with Gasteiger partial charge < -0.3 is 5.32 Å². The first-order valence-corrected chi connectivity index (χ1v) is 11.3. The minimum absolute atomic E-state index is 0.00808. The number of carbonyl (C=O) groups excluding carboxylic acids is 1. The van der Waals surface area contributed by atoms with Crippen LogP contribution in [0.1, 0.15) is 36.5 Å². The number of amides is 1. The van der Waals surface area contributed by atoms with Crippen molar-refractivity contribution in [3.05, 3.63) is 57.5 Å². The van der Waals surface area contributed by atoms with Crippen molar-refractivity contribution in [1.82, 2.24) is 4.31 Å². The average Bonchev–Trinajstić information content (AvgIpc) is 2.64. The normalized spacial score (nSPS) is 18.3. The van der Waals surface area contributed by atoms with E-state index in [4.69, 9.17) is 11.6 Å². The zero-order valence-corrected chi connectivity index (χ0v) is 17.9. The molecular formula is C19H20BrClN2O3S. The number of nitrogens with one attached hydrogen (secondary N) is 1. The zero-order valence-electron chi connectivity index (χ0n) is 14.8. The third kappa shape index (κ3) is 4.54. The molecule has 0 bridgehead atoms. The Labute approximate surface area is 172 Å². The molecule has 2 aromatic carbocycles. The monoisotopic (exact) mass is 470 g/mol. The summed E-state index contributed by atoms with van der Waals surface area (Å²) >= 11 is 9.43. The summed E-state index contributed by atoms with van der Waals surface area (Å²) in [6.45, 7) is 2.47. The fourth-order valence-corrected chi connectivity index (χ4v) is 5.55. The lowest BCUT2D eigenvalue weighted by Crippen LogP contribution is -2.41. The van der Waals surface area contributed by atoms with E-state index in [1.54, 1.807) is 22.5 Å². The molecule has 0 saturated carbocycles. The number of sulfonamides is 1. The van der Waals surface area contributed by atoms with Crippen molar-refractivity contribution in [3.63, 3.8) is 0 Å². The third-order valence-electron chi connectivity index (χ3n) is 4.64. The molecule has 2 aromatic rings. The lowest BCUT2D eigenvalue weighted by Gasteiger charge is -2.32. The van der Waals surface area contributed by atoms with Gasteiger partial charge in [0.15, 0.2) is 0 Å². The maximum Gasteiger partial charge on any atom is 0.255 e. The van der Waals surface area contributed by atoms with Crippen molar-refractivity contribution in [2.75, 3.05) is 11.9 Å². The molecule has 1 fully saturated rings. The van der Waals surface area contributed by atoms with Crippen LogP contribution in [-0.4, -0.2) is 31.2 Å². The van der Waals surface area contributed by atoms with Crippen LogP contribution in [0, 0.1) is 0 Å². The van der Waals surface area contributed by atoms with E-state index in [2.05, 4.69) is 21.2 Å². The summed E-state index contributed by atoms with van der Waals surface area (Å²) in [6.07, 6.45) is 2.79. The standard InChI is InChI=1S/C19H20BrClN2O3S/c1-13-4-2-3-11-23(13)27(25,26)16-8-5-14(6-9-16)19(24)22-18-10-7-15(20)12-17(18)21/h5-10,12-13H,2-4,11H2,1H3,(H,22,24). The summed E-state index contributed by atoms with van der Waals surface area (Å²) in [5, 5.41) is 3.14. The van der Waals surface area contributed by atoms with Gasteiger partial charge in [-0.05, 0) is 62.2 Å². The van der Waals surface area contributed by atoms with E-state index >= 15 is 0 Å². The van der Waals surface area contributed by atoms with E-state index in [9.17, 15) is 13.2 Å². The molecule has 0 aliphatic carbocycles. The Kier molecular flexibility index (Phi) is 6.25. The average molecular weight is 472 g/mol. The highest BCUT2D eigenvalue weighted by atomic mass is 79.9. The van der Waals surface area contributed by atoms with Crippen LogP contribution in [0.25, 0.3) is 0 Å². The van der Waals surface area contributed by atoms with E-state index < -0.39 is 10.0 Å². The molecule has 27 heavy (non-hydrogen) atoms. The fourth-order valence-electron chi connectivity index (χ4n) is 3.13. The summed E-state index contributed by atoms with van der Waals surface area (Å²) in [5.74, 6) is -0.352. The van der Waals surface area contributed by atoms with Crippen LogP contribution in [0.2, 0.25) is 5.02 Å². The summed E-state index contributed by atoms with van der Waals surface area (Å²) < 4.78 is 28.1. The second-order valence-corrected chi connectivity index (χ2v) is 9.78. The number of hydrogen-bond donors (Lipinski definition) is 1. The Hall–Kier alpha value is -1.41. The highest BCUT2D eigenvalue weighted by Gasteiger charge is 2.30. The number of rotatable bonds is 4. The Balaban J connectivity index is 1.77. The molecule has 1 saturated heterocycles. The first-order chi connectivity index (χ1) is 12.8. The molecule has 144 valence electrons. The maximum atomic E-state index is 12.8. The molecule has 0 aromatic heterocycles. The second kappa shape index (κ2) is 8.31. The Morgan fingerprint density at radius 1 is 1.19 bits per heavy atom. The molecule has 1 unspecified atom stereocenters. The molecule has 3 rings (SSSR count). The molecule has 1 aliphatic rings. The molecule has 0 radical (unpaired) electrons. The third-order valence-corrected chi connectivity index (χ3v) is 7.48. The quantitative estimate of drug-likeness (QED) is 0.688. The van der Waals surface area contributed by atoms with E-state index in [0.29, 0.717) is 22.8 Å². The molecule has 0 spiro atoms. The number of carbonyl (C=O) groups is 1. The lowest BCUT2D eigenvalue weighted by molar-refractivity contribution is 0.102. The van der Waals surface area contributed by atoms with Crippen molar-refractivity contribution >= 4 is 49.1 Å². The minimum Gasteiger partial charge on any atom is -0.321 e. The second-order valence-electron chi connectivity index (χ2n) is 6.56. The number of piperidine rings is 1. The van der Waals surface area contributed by atoms with Crippen LogP contribution in [0.4, 0.5) is 5.69 Å². The van der Waals surface area contributed by atoms with Crippen molar-refractivity contribution in [2.24, 2.45) is 0 Å². The highest BCUT2D eigenvalue weighted by Crippen LogP contribution is 2.27. The lowest BCUT2D eigenvalue weighted by atomic mass is 10.1. The SMILES string of the molecule is CC1CCCCN1S(=O)(=O)c1ccc(C(=O)Nc2ccc(Br)cc2Cl)cc1. The molecule has 1 amide bonds. The van der Waals surface area contributed by atoms with Gasteiger partial charge in [0.1, 0.15) is 0 Å². The Morgan fingerprint density at radius 2 is 1.89 bits per heavy atom. The molecule has 5 nitrogen and oxygen atoms in total. The van der Waals surface area contributed by atoms with Gasteiger partial charge >= 0.3 is 0 Å². The topological polar surface area (TPSA) is 66.5 Å². The van der Waals surface area contributed by atoms with Gasteiger partial charge in [0.2, 0.25) is 10.0 Å². The molecule has 1 heterocycles. The van der Waals surface area contributed by atoms with Gasteiger partial charge in [-0.15, -0.1) is 0 Å². The number of nitrogens with zero attached hydrogens (tertiary/aromatic N) is 1. The molecule has 1 N–H and O–H groups in total. The van der Waals surface area contributed by atoms with Gasteiger partial charge in [-0.1, -0.05) is 34.0 Å². The Morgan fingerprint density at radius 3 is 2.52 bits per heavy atom. The fraction of sp³-hybridized carbons (Fsp3) is 0.316. The molecule has 8 heteroatoms. The summed E-state index contributed by atoms with van der Waals surface area (Å²) in [7, 11) is -3.55. The molecular weight excluding hydrogens is 452 g/mol. The number of hydrogen-bond acceptors (Lipinski definition) is 3. The number of halogens is 2. The first kappa shape index (κ1) is 20.3. The largest absolute Gasteiger partial charge is 0.321 e. The first-order valence-electron chi connectivity index (χ1n) is 8.67. The predicted octanol–water partition coefficient (Wildman–Crippen LogP) is 4.92. The van der Waals surface area contributed by atoms with Gasteiger partial charge in [-0.2, -0.15) is 4.31 Å². The van der Waals surface area contributed by atoms with Crippen molar-refractivity contribution in [1.29, 1.82) is 0 Å². The van der Waals surface area contributed by atoms with E-state index in [1.165, 1.54) is 24.3 Å². The van der Waals surface area contributed by atoms with Gasteiger partial charge in [-0.3, -0.25) is 4.79 Å². The maximum absolute atomic E-state index is 12.8. The van der Waals surface area contributed by atoms with E-state index in [1.807, 2.05) is 6.92 Å². The smallest absolute Gasteiger partial charge is 0.255 e. The van der Waals surface area contributed by atoms with Gasteiger partial charge in [-0.25, -0.2) is 8.42 Å². The van der Waals surface area contributed by atoms with Crippen molar-refractivity contribution < 1.29 is 13.2 Å². The van der Waals surface area contributed by atoms with Crippen LogP contribution in [0.5, 0.6) is 0 Å². The van der Waals surface area contributed by atoms with Crippen LogP contribution in [0.15, 0.2) is 51.8 Å². The van der Waals surface area contributed by atoms with Crippen LogP contribution in [0.3, 0.4) is 0 Å². The highest BCUT2D eigenvalue weighted by molar-refractivity contribution is 9.10. The van der Waals surface area contributed by atoms with Crippen LogP contribution < -0.4 is 5.32 Å². The predicted molar refractivity (Wildman–Crippen MR) is 111 cm³/mol. The molecule has 1 atom stereocenters. The zero-order chi connectivity index (χ0) is 19.6. The van der Waals surface area contributed by atoms with Gasteiger partial charge in [0.25, 0.3) is 5.91 Å². The van der Waals surface area contributed by atoms with E-state index in [-0.39, 0.29) is 16.8 Å². The van der Waals surface area contributed by atoms with Crippen LogP contribution in [-0.2, 0) is 10.0 Å².